The normalized spacial score (nSPS) is 11.9. The van der Waals surface area contributed by atoms with E-state index in [1.54, 1.807) is 0 Å². The minimum absolute atomic E-state index is 0.145. The number of nitrogens with one attached hydrogen (secondary N) is 1. The Hall–Kier alpha value is -2.28. The molecular weight excluding hydrogens is 288 g/mol. The van der Waals surface area contributed by atoms with E-state index in [9.17, 15) is 9.59 Å². The van der Waals surface area contributed by atoms with Crippen molar-refractivity contribution < 1.29 is 9.59 Å². The van der Waals surface area contributed by atoms with Gasteiger partial charge in [-0.3, -0.25) is 14.6 Å². The summed E-state index contributed by atoms with van der Waals surface area (Å²) in [7, 11) is 0. The van der Waals surface area contributed by atoms with Gasteiger partial charge in [0.05, 0.1) is 11.6 Å². The number of rotatable bonds is 5. The van der Waals surface area contributed by atoms with E-state index < -0.39 is 5.91 Å². The highest BCUT2D eigenvalue weighted by atomic mass is 32.1. The summed E-state index contributed by atoms with van der Waals surface area (Å²) >= 11 is 1.52. The lowest BCUT2D eigenvalue weighted by molar-refractivity contribution is 0.0928. The van der Waals surface area contributed by atoms with Gasteiger partial charge < -0.3 is 11.1 Å². The summed E-state index contributed by atoms with van der Waals surface area (Å²) in [6, 6.07) is 2.82. The molecule has 0 saturated carbocycles. The molecule has 0 aliphatic heterocycles. The summed E-state index contributed by atoms with van der Waals surface area (Å²) in [6.07, 6.45) is 2.03. The van der Waals surface area contributed by atoms with Gasteiger partial charge in [0, 0.05) is 17.3 Å². The van der Waals surface area contributed by atoms with E-state index in [0.29, 0.717) is 0 Å². The number of primary amides is 1. The fourth-order valence-electron chi connectivity index (χ4n) is 1.78. The van der Waals surface area contributed by atoms with Gasteiger partial charge in [0.15, 0.2) is 0 Å². The van der Waals surface area contributed by atoms with Crippen LogP contribution in [0, 0.1) is 6.92 Å². The quantitative estimate of drug-likeness (QED) is 0.880. The molecule has 21 heavy (non-hydrogen) atoms. The van der Waals surface area contributed by atoms with Crippen LogP contribution in [-0.4, -0.2) is 21.8 Å². The summed E-state index contributed by atoms with van der Waals surface area (Å²) in [5, 5.41) is 5.71. The standard InChI is InChI=1S/C14H16N4O2S/c1-3-10(14-17-8(2)7-21-14)18-13(20)11-5-4-9(6-16-11)12(15)19/h4-7,10H,3H2,1-2H3,(H2,15,19)(H,18,20). The SMILES string of the molecule is CCC(NC(=O)c1ccc(C(N)=O)cn1)c1nc(C)cs1. The van der Waals surface area contributed by atoms with Gasteiger partial charge in [0.1, 0.15) is 10.7 Å². The van der Waals surface area contributed by atoms with Crippen LogP contribution in [0.15, 0.2) is 23.7 Å². The van der Waals surface area contributed by atoms with Crippen molar-refractivity contribution >= 4 is 23.2 Å². The molecule has 0 saturated heterocycles. The molecule has 0 bridgehead atoms. The van der Waals surface area contributed by atoms with Crippen LogP contribution in [0.1, 0.15) is 50.9 Å². The zero-order chi connectivity index (χ0) is 15.4. The van der Waals surface area contributed by atoms with Crippen LogP contribution in [0.3, 0.4) is 0 Å². The molecule has 2 heterocycles. The van der Waals surface area contributed by atoms with E-state index in [-0.39, 0.29) is 23.2 Å². The van der Waals surface area contributed by atoms with Crippen molar-refractivity contribution in [3.05, 3.63) is 45.7 Å². The van der Waals surface area contributed by atoms with E-state index >= 15 is 0 Å². The zero-order valence-electron chi connectivity index (χ0n) is 11.8. The van der Waals surface area contributed by atoms with E-state index in [4.69, 9.17) is 5.73 Å². The van der Waals surface area contributed by atoms with E-state index in [1.807, 2.05) is 19.2 Å². The second kappa shape index (κ2) is 6.45. The predicted octanol–water partition coefficient (Wildman–Crippen LogP) is 1.83. The molecule has 6 nitrogen and oxygen atoms in total. The molecule has 2 aromatic rings. The Morgan fingerprint density at radius 3 is 2.67 bits per heavy atom. The monoisotopic (exact) mass is 304 g/mol. The van der Waals surface area contributed by atoms with E-state index in [2.05, 4.69) is 15.3 Å². The van der Waals surface area contributed by atoms with Gasteiger partial charge in [0.25, 0.3) is 5.91 Å². The van der Waals surface area contributed by atoms with Gasteiger partial charge in [-0.2, -0.15) is 0 Å². The molecule has 110 valence electrons. The number of pyridine rings is 1. The highest BCUT2D eigenvalue weighted by Gasteiger charge is 2.17. The number of amides is 2. The minimum Gasteiger partial charge on any atom is -0.366 e. The number of aromatic nitrogens is 2. The number of carbonyl (C=O) groups is 2. The highest BCUT2D eigenvalue weighted by molar-refractivity contribution is 7.09. The minimum atomic E-state index is -0.570. The number of aryl methyl sites for hydroxylation is 1. The van der Waals surface area contributed by atoms with Gasteiger partial charge in [-0.15, -0.1) is 11.3 Å². The first kappa shape index (κ1) is 15.1. The summed E-state index contributed by atoms with van der Waals surface area (Å²) < 4.78 is 0. The third-order valence-corrected chi connectivity index (χ3v) is 4.01. The Morgan fingerprint density at radius 2 is 2.19 bits per heavy atom. The van der Waals surface area contributed by atoms with Gasteiger partial charge in [-0.25, -0.2) is 4.98 Å². The molecule has 1 atom stereocenters. The van der Waals surface area contributed by atoms with Crippen LogP contribution >= 0.6 is 11.3 Å². The molecule has 0 spiro atoms. The smallest absolute Gasteiger partial charge is 0.270 e. The van der Waals surface area contributed by atoms with Gasteiger partial charge in [0.2, 0.25) is 5.91 Å². The molecule has 0 fully saturated rings. The van der Waals surface area contributed by atoms with Crippen LogP contribution in [0.2, 0.25) is 0 Å². The van der Waals surface area contributed by atoms with Crippen LogP contribution < -0.4 is 11.1 Å². The lowest BCUT2D eigenvalue weighted by atomic mass is 10.2. The molecular formula is C14H16N4O2S. The third-order valence-electron chi connectivity index (χ3n) is 2.93. The second-order valence-electron chi connectivity index (χ2n) is 4.56. The fraction of sp³-hybridized carbons (Fsp3) is 0.286. The van der Waals surface area contributed by atoms with Crippen LogP contribution in [0.5, 0.6) is 0 Å². The van der Waals surface area contributed by atoms with E-state index in [0.717, 1.165) is 17.1 Å². The Morgan fingerprint density at radius 1 is 1.43 bits per heavy atom. The molecule has 3 N–H and O–H groups in total. The Labute approximate surface area is 126 Å². The first-order valence-corrected chi connectivity index (χ1v) is 7.38. The summed E-state index contributed by atoms with van der Waals surface area (Å²) in [4.78, 5) is 31.5. The molecule has 1 unspecified atom stereocenters. The predicted molar refractivity (Wildman–Crippen MR) is 80.1 cm³/mol. The number of hydrogen-bond donors (Lipinski definition) is 2. The maximum atomic E-state index is 12.2. The maximum Gasteiger partial charge on any atom is 0.270 e. The molecule has 0 aliphatic carbocycles. The molecule has 2 rings (SSSR count). The molecule has 0 aromatic carbocycles. The third kappa shape index (κ3) is 3.63. The zero-order valence-corrected chi connectivity index (χ0v) is 12.6. The van der Waals surface area contributed by atoms with Crippen molar-refractivity contribution in [1.82, 2.24) is 15.3 Å². The van der Waals surface area contributed by atoms with Crippen molar-refractivity contribution in [3.8, 4) is 0 Å². The van der Waals surface area contributed by atoms with Crippen LogP contribution in [0.4, 0.5) is 0 Å². The maximum absolute atomic E-state index is 12.2. The largest absolute Gasteiger partial charge is 0.366 e. The van der Waals surface area contributed by atoms with Crippen molar-refractivity contribution in [2.45, 2.75) is 26.3 Å². The number of carbonyl (C=O) groups excluding carboxylic acids is 2. The van der Waals surface area contributed by atoms with Crippen molar-refractivity contribution in [2.75, 3.05) is 0 Å². The second-order valence-corrected chi connectivity index (χ2v) is 5.45. The van der Waals surface area contributed by atoms with Gasteiger partial charge in [-0.1, -0.05) is 6.92 Å². The summed E-state index contributed by atoms with van der Waals surface area (Å²) in [5.74, 6) is -0.870. The molecule has 0 radical (unpaired) electrons. The first-order chi connectivity index (χ1) is 10.0. The summed E-state index contributed by atoms with van der Waals surface area (Å²) in [5.41, 5.74) is 6.59. The van der Waals surface area contributed by atoms with Crippen LogP contribution in [-0.2, 0) is 0 Å². The molecule has 2 amide bonds. The fourth-order valence-corrected chi connectivity index (χ4v) is 2.71. The number of nitrogens with two attached hydrogens (primary N) is 1. The average molecular weight is 304 g/mol. The number of thiazole rings is 1. The number of hydrogen-bond acceptors (Lipinski definition) is 5. The molecule has 2 aromatic heterocycles. The van der Waals surface area contributed by atoms with Crippen molar-refractivity contribution in [2.24, 2.45) is 5.73 Å². The Kier molecular flexibility index (Phi) is 4.64. The van der Waals surface area contributed by atoms with Gasteiger partial charge in [-0.05, 0) is 25.5 Å². The van der Waals surface area contributed by atoms with Crippen molar-refractivity contribution in [3.63, 3.8) is 0 Å². The lowest BCUT2D eigenvalue weighted by Gasteiger charge is -2.14. The Bertz CT molecular complexity index is 651. The lowest BCUT2D eigenvalue weighted by Crippen LogP contribution is -2.29. The first-order valence-electron chi connectivity index (χ1n) is 6.50. The number of nitrogens with zero attached hydrogens (tertiary/aromatic N) is 2. The summed E-state index contributed by atoms with van der Waals surface area (Å²) in [6.45, 7) is 3.89. The highest BCUT2D eigenvalue weighted by Crippen LogP contribution is 2.21. The molecule has 0 aliphatic rings. The van der Waals surface area contributed by atoms with Gasteiger partial charge >= 0.3 is 0 Å². The van der Waals surface area contributed by atoms with E-state index in [1.165, 1.54) is 29.7 Å². The van der Waals surface area contributed by atoms with Crippen molar-refractivity contribution in [1.29, 1.82) is 0 Å². The molecule has 7 heteroatoms. The Balaban J connectivity index is 2.10. The average Bonchev–Trinajstić information content (AvgIpc) is 2.91. The topological polar surface area (TPSA) is 98.0 Å². The van der Waals surface area contributed by atoms with Crippen LogP contribution in [0.25, 0.3) is 0 Å².